The van der Waals surface area contributed by atoms with Crippen LogP contribution in [0.15, 0.2) is 0 Å². The van der Waals surface area contributed by atoms with Gasteiger partial charge in [-0.2, -0.15) is 0 Å². The summed E-state index contributed by atoms with van der Waals surface area (Å²) in [6, 6.07) is -0.295. The maximum absolute atomic E-state index is 12.1. The molecule has 17 heavy (non-hydrogen) atoms. The smallest absolute Gasteiger partial charge is 0.245 e. The normalized spacial score (nSPS) is 26.1. The van der Waals surface area contributed by atoms with E-state index in [-0.39, 0.29) is 24.5 Å². The Balaban J connectivity index is 1.80. The molecule has 0 bridgehead atoms. The molecule has 2 rings (SSSR count). The summed E-state index contributed by atoms with van der Waals surface area (Å²) in [4.78, 5) is 25.0. The molecule has 2 aliphatic heterocycles. The molecule has 2 heterocycles. The third-order valence-electron chi connectivity index (χ3n) is 3.76. The van der Waals surface area contributed by atoms with Crippen molar-refractivity contribution in [3.63, 3.8) is 0 Å². The van der Waals surface area contributed by atoms with E-state index in [9.17, 15) is 9.59 Å². The minimum Gasteiger partial charge on any atom is -0.396 e. The van der Waals surface area contributed by atoms with Crippen LogP contribution in [0.3, 0.4) is 0 Å². The molecule has 2 amide bonds. The van der Waals surface area contributed by atoms with Crippen LogP contribution >= 0.6 is 0 Å². The predicted octanol–water partition coefficient (Wildman–Crippen LogP) is -0.114. The molecule has 2 saturated heterocycles. The van der Waals surface area contributed by atoms with Gasteiger partial charge < -0.3 is 15.3 Å². The number of rotatable bonds is 3. The number of likely N-dealkylation sites (tertiary alicyclic amines) is 1. The highest BCUT2D eigenvalue weighted by Crippen LogP contribution is 2.21. The Morgan fingerprint density at radius 3 is 2.59 bits per heavy atom. The molecule has 0 radical (unpaired) electrons. The predicted molar refractivity (Wildman–Crippen MR) is 62.2 cm³/mol. The average Bonchev–Trinajstić information content (AvgIpc) is 2.76. The van der Waals surface area contributed by atoms with Crippen molar-refractivity contribution in [2.45, 2.75) is 38.1 Å². The van der Waals surface area contributed by atoms with E-state index < -0.39 is 0 Å². The lowest BCUT2D eigenvalue weighted by Gasteiger charge is -2.33. The van der Waals surface area contributed by atoms with Gasteiger partial charge in [-0.05, 0) is 31.6 Å². The van der Waals surface area contributed by atoms with E-state index in [1.165, 1.54) is 0 Å². The Kier molecular flexibility index (Phi) is 3.99. The second-order valence-corrected chi connectivity index (χ2v) is 4.94. The topological polar surface area (TPSA) is 69.6 Å². The summed E-state index contributed by atoms with van der Waals surface area (Å²) in [5, 5.41) is 11.6. The molecule has 0 aromatic heterocycles. The molecule has 0 spiro atoms. The zero-order valence-corrected chi connectivity index (χ0v) is 10.0. The summed E-state index contributed by atoms with van der Waals surface area (Å²) in [7, 11) is 0. The van der Waals surface area contributed by atoms with E-state index in [2.05, 4.69) is 5.32 Å². The fraction of sp³-hybridized carbons (Fsp3) is 0.833. The fourth-order valence-corrected chi connectivity index (χ4v) is 2.64. The summed E-state index contributed by atoms with van der Waals surface area (Å²) in [5.41, 5.74) is 0. The standard InChI is InChI=1S/C12H20N2O3/c15-8-5-9-3-6-14(7-4-9)12(17)10-1-2-11(16)13-10/h9-10,15H,1-8H2,(H,13,16). The second kappa shape index (κ2) is 5.49. The average molecular weight is 240 g/mol. The van der Waals surface area contributed by atoms with Crippen LogP contribution in [0.4, 0.5) is 0 Å². The third kappa shape index (κ3) is 2.97. The van der Waals surface area contributed by atoms with Crippen molar-refractivity contribution in [1.29, 1.82) is 0 Å². The molecular formula is C12H20N2O3. The molecule has 0 saturated carbocycles. The number of nitrogens with zero attached hydrogens (tertiary/aromatic N) is 1. The Hall–Kier alpha value is -1.10. The minimum absolute atomic E-state index is 0.0153. The van der Waals surface area contributed by atoms with Crippen molar-refractivity contribution in [2.75, 3.05) is 19.7 Å². The highest BCUT2D eigenvalue weighted by Gasteiger charge is 2.32. The molecule has 5 nitrogen and oxygen atoms in total. The third-order valence-corrected chi connectivity index (χ3v) is 3.76. The highest BCUT2D eigenvalue weighted by molar-refractivity contribution is 5.90. The van der Waals surface area contributed by atoms with Gasteiger partial charge in [0.1, 0.15) is 6.04 Å². The van der Waals surface area contributed by atoms with Gasteiger partial charge in [-0.3, -0.25) is 9.59 Å². The van der Waals surface area contributed by atoms with Gasteiger partial charge in [0.25, 0.3) is 0 Å². The van der Waals surface area contributed by atoms with Gasteiger partial charge in [0.2, 0.25) is 11.8 Å². The summed E-state index contributed by atoms with van der Waals surface area (Å²) in [5.74, 6) is 0.596. The van der Waals surface area contributed by atoms with Crippen molar-refractivity contribution in [3.8, 4) is 0 Å². The molecule has 0 aromatic rings. The Morgan fingerprint density at radius 2 is 2.06 bits per heavy atom. The first-order valence-corrected chi connectivity index (χ1v) is 6.39. The number of aliphatic hydroxyl groups is 1. The molecule has 0 aliphatic carbocycles. The lowest BCUT2D eigenvalue weighted by atomic mass is 9.93. The van der Waals surface area contributed by atoms with Gasteiger partial charge in [-0.25, -0.2) is 0 Å². The first-order chi connectivity index (χ1) is 8.20. The second-order valence-electron chi connectivity index (χ2n) is 4.94. The maximum Gasteiger partial charge on any atom is 0.245 e. The maximum atomic E-state index is 12.1. The van der Waals surface area contributed by atoms with Crippen molar-refractivity contribution >= 4 is 11.8 Å². The van der Waals surface area contributed by atoms with Crippen molar-refractivity contribution < 1.29 is 14.7 Å². The number of hydrogen-bond acceptors (Lipinski definition) is 3. The van der Waals surface area contributed by atoms with E-state index in [1.54, 1.807) is 0 Å². The van der Waals surface area contributed by atoms with E-state index in [4.69, 9.17) is 5.11 Å². The molecule has 5 heteroatoms. The Bertz CT molecular complexity index is 298. The number of carbonyl (C=O) groups excluding carboxylic acids is 2. The number of aliphatic hydroxyl groups excluding tert-OH is 1. The van der Waals surface area contributed by atoms with Crippen LogP contribution in [0.25, 0.3) is 0 Å². The molecule has 2 fully saturated rings. The molecule has 0 aromatic carbocycles. The molecule has 96 valence electrons. The number of hydrogen-bond donors (Lipinski definition) is 2. The van der Waals surface area contributed by atoms with Crippen molar-refractivity contribution in [3.05, 3.63) is 0 Å². The van der Waals surface area contributed by atoms with Crippen molar-refractivity contribution in [1.82, 2.24) is 10.2 Å². The number of nitrogens with one attached hydrogen (secondary N) is 1. The lowest BCUT2D eigenvalue weighted by Crippen LogP contribution is -2.47. The number of piperidine rings is 1. The molecule has 1 atom stereocenters. The Labute approximate surface area is 101 Å². The van der Waals surface area contributed by atoms with Gasteiger partial charge in [0.15, 0.2) is 0 Å². The van der Waals surface area contributed by atoms with Crippen LogP contribution in [0.5, 0.6) is 0 Å². The summed E-state index contributed by atoms with van der Waals surface area (Å²) >= 11 is 0. The largest absolute Gasteiger partial charge is 0.396 e. The van der Waals surface area contributed by atoms with E-state index in [0.717, 1.165) is 32.4 Å². The van der Waals surface area contributed by atoms with Gasteiger partial charge in [-0.1, -0.05) is 0 Å². The van der Waals surface area contributed by atoms with E-state index >= 15 is 0 Å². The molecule has 2 N–H and O–H groups in total. The first-order valence-electron chi connectivity index (χ1n) is 6.39. The van der Waals surface area contributed by atoms with Gasteiger partial charge in [0, 0.05) is 26.1 Å². The van der Waals surface area contributed by atoms with Crippen LogP contribution in [0.2, 0.25) is 0 Å². The number of amides is 2. The van der Waals surface area contributed by atoms with Crippen LogP contribution in [0, 0.1) is 5.92 Å². The fourth-order valence-electron chi connectivity index (χ4n) is 2.64. The zero-order valence-electron chi connectivity index (χ0n) is 10.0. The monoisotopic (exact) mass is 240 g/mol. The lowest BCUT2D eigenvalue weighted by molar-refractivity contribution is -0.135. The molecule has 1 unspecified atom stereocenters. The van der Waals surface area contributed by atoms with Gasteiger partial charge in [-0.15, -0.1) is 0 Å². The summed E-state index contributed by atoms with van der Waals surface area (Å²) < 4.78 is 0. The quantitative estimate of drug-likeness (QED) is 0.723. The SMILES string of the molecule is O=C1CCC(C(=O)N2CCC(CCO)CC2)N1. The first kappa shape index (κ1) is 12.4. The van der Waals surface area contributed by atoms with Gasteiger partial charge >= 0.3 is 0 Å². The number of carbonyl (C=O) groups is 2. The van der Waals surface area contributed by atoms with Crippen LogP contribution in [-0.4, -0.2) is 47.6 Å². The van der Waals surface area contributed by atoms with E-state index in [1.807, 2.05) is 4.90 Å². The zero-order chi connectivity index (χ0) is 12.3. The molecular weight excluding hydrogens is 220 g/mol. The van der Waals surface area contributed by atoms with Crippen molar-refractivity contribution in [2.24, 2.45) is 5.92 Å². The minimum atomic E-state index is -0.295. The summed E-state index contributed by atoms with van der Waals surface area (Å²) in [6.45, 7) is 1.75. The summed E-state index contributed by atoms with van der Waals surface area (Å²) in [6.07, 6.45) is 3.87. The molecule has 2 aliphatic rings. The van der Waals surface area contributed by atoms with Gasteiger partial charge in [0.05, 0.1) is 0 Å². The van der Waals surface area contributed by atoms with E-state index in [0.29, 0.717) is 18.8 Å². The van der Waals surface area contributed by atoms with Crippen LogP contribution < -0.4 is 5.32 Å². The highest BCUT2D eigenvalue weighted by atomic mass is 16.3. The van der Waals surface area contributed by atoms with Crippen LogP contribution in [-0.2, 0) is 9.59 Å². The Morgan fingerprint density at radius 1 is 1.35 bits per heavy atom. The van der Waals surface area contributed by atoms with Crippen LogP contribution in [0.1, 0.15) is 32.1 Å².